The van der Waals surface area contributed by atoms with Crippen LogP contribution in [0, 0.1) is 11.8 Å². The number of hydrogen-bond donors (Lipinski definition) is 1. The van der Waals surface area contributed by atoms with Crippen molar-refractivity contribution in [1.82, 2.24) is 0 Å². The maximum atomic E-state index is 11.5. The number of carboxylic acid groups (broad SMARTS) is 1. The second-order valence-corrected chi connectivity index (χ2v) is 6.68. The van der Waals surface area contributed by atoms with E-state index >= 15 is 0 Å². The number of fused-ring (bicyclic) bond motifs is 2. The molecule has 1 aliphatic heterocycles. The molecule has 1 saturated carbocycles. The fourth-order valence-electron chi connectivity index (χ4n) is 4.16. The highest BCUT2D eigenvalue weighted by molar-refractivity contribution is 5.79. The third-order valence-corrected chi connectivity index (χ3v) is 5.50. The predicted octanol–water partition coefficient (Wildman–Crippen LogP) is 3.64. The molecule has 2 aromatic rings. The molecule has 0 unspecified atom stereocenters. The van der Waals surface area contributed by atoms with Crippen molar-refractivity contribution in [2.24, 2.45) is 11.8 Å². The molecule has 4 rings (SSSR count). The summed E-state index contributed by atoms with van der Waals surface area (Å²) >= 11 is 0. The molecule has 1 heterocycles. The van der Waals surface area contributed by atoms with Crippen LogP contribution in [0.25, 0.3) is 0 Å². The summed E-state index contributed by atoms with van der Waals surface area (Å²) in [6, 6.07) is 15.8. The zero-order valence-electron chi connectivity index (χ0n) is 13.6. The molecule has 1 spiro atoms. The summed E-state index contributed by atoms with van der Waals surface area (Å²) in [5.74, 6) is 0.641. The zero-order chi connectivity index (χ0) is 16.7. The lowest BCUT2D eigenvalue weighted by Crippen LogP contribution is -2.24. The normalized spacial score (nSPS) is 27.2. The molecule has 124 valence electrons. The molecule has 2 aliphatic rings. The largest absolute Gasteiger partial charge is 0.493 e. The van der Waals surface area contributed by atoms with E-state index in [2.05, 4.69) is 0 Å². The molecule has 3 atom stereocenters. The van der Waals surface area contributed by atoms with Crippen LogP contribution in [-0.2, 0) is 16.8 Å². The van der Waals surface area contributed by atoms with Gasteiger partial charge in [-0.2, -0.15) is 0 Å². The Morgan fingerprint density at radius 3 is 2.79 bits per heavy atom. The Morgan fingerprint density at radius 1 is 1.29 bits per heavy atom. The molecule has 24 heavy (non-hydrogen) atoms. The summed E-state index contributed by atoms with van der Waals surface area (Å²) in [5.41, 5.74) is 1.85. The van der Waals surface area contributed by atoms with Gasteiger partial charge >= 0.3 is 5.97 Å². The average Bonchev–Trinajstić information content (AvgIpc) is 3.18. The number of ether oxygens (including phenoxy) is 2. The van der Waals surface area contributed by atoms with E-state index in [1.54, 1.807) is 0 Å². The fraction of sp³-hybridized carbons (Fsp3) is 0.350. The second kappa shape index (κ2) is 5.55. The molecule has 2 aromatic carbocycles. The summed E-state index contributed by atoms with van der Waals surface area (Å²) in [7, 11) is 0. The van der Waals surface area contributed by atoms with Crippen LogP contribution in [0.15, 0.2) is 48.5 Å². The van der Waals surface area contributed by atoms with Crippen LogP contribution >= 0.6 is 0 Å². The highest BCUT2D eigenvalue weighted by Gasteiger charge is 2.68. The number of carboxylic acids is 1. The summed E-state index contributed by atoms with van der Waals surface area (Å²) in [6.45, 7) is 3.08. The first-order valence-electron chi connectivity index (χ1n) is 8.30. The number of hydrogen-bond acceptors (Lipinski definition) is 3. The van der Waals surface area contributed by atoms with Gasteiger partial charge in [-0.15, -0.1) is 0 Å². The first-order chi connectivity index (χ1) is 11.6. The van der Waals surface area contributed by atoms with E-state index in [4.69, 9.17) is 9.47 Å². The summed E-state index contributed by atoms with van der Waals surface area (Å²) < 4.78 is 11.6. The Kier molecular flexibility index (Phi) is 3.48. The van der Waals surface area contributed by atoms with Crippen molar-refractivity contribution in [2.75, 3.05) is 6.61 Å². The molecule has 0 bridgehead atoms. The number of rotatable bonds is 4. The lowest BCUT2D eigenvalue weighted by atomic mass is 9.86. The van der Waals surface area contributed by atoms with Gasteiger partial charge < -0.3 is 14.6 Å². The molecule has 0 aromatic heterocycles. The van der Waals surface area contributed by atoms with Crippen LogP contribution in [-0.4, -0.2) is 17.7 Å². The molecular formula is C20H20O4. The summed E-state index contributed by atoms with van der Waals surface area (Å²) in [6.07, 6.45) is 0.766. The highest BCUT2D eigenvalue weighted by Crippen LogP contribution is 2.65. The lowest BCUT2D eigenvalue weighted by molar-refractivity contribution is -0.139. The van der Waals surface area contributed by atoms with Gasteiger partial charge in [0, 0.05) is 17.0 Å². The quantitative estimate of drug-likeness (QED) is 0.933. The Labute approximate surface area is 141 Å². The molecule has 1 aliphatic carbocycles. The zero-order valence-corrected chi connectivity index (χ0v) is 13.6. The highest BCUT2D eigenvalue weighted by atomic mass is 16.5. The monoisotopic (exact) mass is 324 g/mol. The maximum absolute atomic E-state index is 11.5. The number of benzene rings is 2. The van der Waals surface area contributed by atoms with Crippen LogP contribution in [0.3, 0.4) is 0 Å². The Morgan fingerprint density at radius 2 is 2.08 bits per heavy atom. The van der Waals surface area contributed by atoms with Crippen molar-refractivity contribution in [3.8, 4) is 11.5 Å². The van der Waals surface area contributed by atoms with Crippen molar-refractivity contribution in [3.05, 3.63) is 59.7 Å². The molecule has 1 fully saturated rings. The molecule has 0 amide bonds. The Hall–Kier alpha value is -2.49. The molecule has 4 nitrogen and oxygen atoms in total. The van der Waals surface area contributed by atoms with Gasteiger partial charge in [-0.1, -0.05) is 43.3 Å². The van der Waals surface area contributed by atoms with Gasteiger partial charge in [0.2, 0.25) is 0 Å². The van der Waals surface area contributed by atoms with Crippen LogP contribution < -0.4 is 9.47 Å². The lowest BCUT2D eigenvalue weighted by Gasteiger charge is -2.27. The van der Waals surface area contributed by atoms with Crippen molar-refractivity contribution in [1.29, 1.82) is 0 Å². The van der Waals surface area contributed by atoms with E-state index in [0.29, 0.717) is 13.2 Å². The van der Waals surface area contributed by atoms with E-state index in [9.17, 15) is 9.90 Å². The number of carbonyl (C=O) groups is 1. The van der Waals surface area contributed by atoms with Crippen molar-refractivity contribution < 1.29 is 19.4 Å². The van der Waals surface area contributed by atoms with Crippen molar-refractivity contribution in [2.45, 2.75) is 25.4 Å². The van der Waals surface area contributed by atoms with Gasteiger partial charge in [0.15, 0.2) is 0 Å². The fourth-order valence-corrected chi connectivity index (χ4v) is 4.16. The molecule has 4 heteroatoms. The minimum Gasteiger partial charge on any atom is -0.493 e. The minimum absolute atomic E-state index is 0.147. The van der Waals surface area contributed by atoms with Crippen molar-refractivity contribution >= 4 is 5.97 Å². The van der Waals surface area contributed by atoms with Crippen LogP contribution in [0.2, 0.25) is 0 Å². The van der Waals surface area contributed by atoms with E-state index in [1.165, 1.54) is 0 Å². The average molecular weight is 324 g/mol. The van der Waals surface area contributed by atoms with Crippen LogP contribution in [0.5, 0.6) is 11.5 Å². The number of aliphatic carboxylic acids is 1. The van der Waals surface area contributed by atoms with Gasteiger partial charge in [0.1, 0.15) is 18.1 Å². The van der Waals surface area contributed by atoms with Gasteiger partial charge in [-0.25, -0.2) is 0 Å². The molecule has 0 saturated heterocycles. The van der Waals surface area contributed by atoms with Gasteiger partial charge in [0.25, 0.3) is 0 Å². The van der Waals surface area contributed by atoms with E-state index < -0.39 is 5.97 Å². The third-order valence-electron chi connectivity index (χ3n) is 5.50. The van der Waals surface area contributed by atoms with E-state index in [0.717, 1.165) is 29.0 Å². The SMILES string of the molecule is C[C@H]1[C@@H](C(=O)O)[C@@]12CCOc1cc(OCc3ccccc3)ccc12. The standard InChI is InChI=1S/C20H20O4/c1-13-18(19(21)22)20(13)9-10-23-17-11-15(7-8-16(17)20)24-12-14-5-3-2-4-6-14/h2-8,11,13,18H,9-10,12H2,1H3,(H,21,22)/t13-,18-,20-/m0/s1. The van der Waals surface area contributed by atoms with Gasteiger partial charge in [0.05, 0.1) is 12.5 Å². The van der Waals surface area contributed by atoms with Gasteiger partial charge in [-0.05, 0) is 24.0 Å². The van der Waals surface area contributed by atoms with Gasteiger partial charge in [-0.3, -0.25) is 4.79 Å². The van der Waals surface area contributed by atoms with Crippen LogP contribution in [0.1, 0.15) is 24.5 Å². The Balaban J connectivity index is 1.57. The topological polar surface area (TPSA) is 55.8 Å². The van der Waals surface area contributed by atoms with Crippen molar-refractivity contribution in [3.63, 3.8) is 0 Å². The molecule has 1 N–H and O–H groups in total. The summed E-state index contributed by atoms with van der Waals surface area (Å²) in [5, 5.41) is 9.47. The predicted molar refractivity (Wildman–Crippen MR) is 89.3 cm³/mol. The van der Waals surface area contributed by atoms with Crippen LogP contribution in [0.4, 0.5) is 0 Å². The first kappa shape index (κ1) is 15.1. The van der Waals surface area contributed by atoms with E-state index in [-0.39, 0.29) is 17.3 Å². The Bertz CT molecular complexity index is 770. The minimum atomic E-state index is -0.709. The molecular weight excluding hydrogens is 304 g/mol. The first-order valence-corrected chi connectivity index (χ1v) is 8.30. The second-order valence-electron chi connectivity index (χ2n) is 6.68. The maximum Gasteiger partial charge on any atom is 0.307 e. The third kappa shape index (κ3) is 2.25. The molecule has 0 radical (unpaired) electrons. The summed E-state index contributed by atoms with van der Waals surface area (Å²) in [4.78, 5) is 11.5. The van der Waals surface area contributed by atoms with E-state index in [1.807, 2.05) is 55.5 Å². The smallest absolute Gasteiger partial charge is 0.307 e.